The summed E-state index contributed by atoms with van der Waals surface area (Å²) in [7, 11) is 6.01. The number of carbonyl (C=O) groups excluding carboxylic acids is 1. The van der Waals surface area contributed by atoms with Crippen molar-refractivity contribution in [2.75, 3.05) is 21.1 Å². The molecule has 3 heteroatoms. The fourth-order valence-electron chi connectivity index (χ4n) is 2.90. The second-order valence-electron chi connectivity index (χ2n) is 6.16. The van der Waals surface area contributed by atoms with Crippen LogP contribution in [0, 0.1) is 0 Å². The van der Waals surface area contributed by atoms with E-state index >= 15 is 0 Å². The molecule has 1 atom stereocenters. The number of carbonyl (C=O) groups is 1. The Morgan fingerprint density at radius 1 is 0.957 bits per heavy atom. The first-order valence-electron chi connectivity index (χ1n) is 8.08. The number of rotatable bonds is 6. The Balaban J connectivity index is 2.07. The smallest absolute Gasteiger partial charge is 0.253 e. The highest BCUT2D eigenvalue weighted by molar-refractivity contribution is 5.94. The molecule has 0 bridgehead atoms. The van der Waals surface area contributed by atoms with E-state index in [9.17, 15) is 4.79 Å². The zero-order chi connectivity index (χ0) is 16.8. The van der Waals surface area contributed by atoms with Crippen LogP contribution < -0.4 is 0 Å². The first kappa shape index (κ1) is 17.2. The molecular formula is C20H26N2O. The molecule has 2 rings (SSSR count). The maximum Gasteiger partial charge on any atom is 0.253 e. The average Bonchev–Trinajstić information content (AvgIpc) is 2.56. The van der Waals surface area contributed by atoms with E-state index in [2.05, 4.69) is 38.1 Å². The van der Waals surface area contributed by atoms with Gasteiger partial charge in [-0.05, 0) is 43.8 Å². The van der Waals surface area contributed by atoms with Crippen molar-refractivity contribution in [1.82, 2.24) is 9.80 Å². The van der Waals surface area contributed by atoms with Gasteiger partial charge < -0.3 is 9.80 Å². The molecule has 2 aromatic carbocycles. The van der Waals surface area contributed by atoms with Crippen LogP contribution >= 0.6 is 0 Å². The topological polar surface area (TPSA) is 23.6 Å². The number of benzene rings is 2. The van der Waals surface area contributed by atoms with Crippen molar-refractivity contribution >= 4 is 5.91 Å². The lowest BCUT2D eigenvalue weighted by atomic mass is 10.0. The Morgan fingerprint density at radius 3 is 2.09 bits per heavy atom. The summed E-state index contributed by atoms with van der Waals surface area (Å²) in [6.07, 6.45) is 1.05. The molecule has 0 radical (unpaired) electrons. The second kappa shape index (κ2) is 7.93. The van der Waals surface area contributed by atoms with Crippen LogP contribution in [0.2, 0.25) is 0 Å². The highest BCUT2D eigenvalue weighted by Gasteiger charge is 2.15. The Hall–Kier alpha value is -2.13. The van der Waals surface area contributed by atoms with Crippen LogP contribution in [0.3, 0.4) is 0 Å². The van der Waals surface area contributed by atoms with Crippen molar-refractivity contribution in [3.8, 4) is 0 Å². The second-order valence-corrected chi connectivity index (χ2v) is 6.16. The molecule has 0 N–H and O–H groups in total. The van der Waals surface area contributed by atoms with Crippen LogP contribution in [0.4, 0.5) is 0 Å². The number of nitrogens with zero attached hydrogens (tertiary/aromatic N) is 2. The zero-order valence-corrected chi connectivity index (χ0v) is 14.5. The third kappa shape index (κ3) is 4.42. The third-order valence-electron chi connectivity index (χ3n) is 4.16. The van der Waals surface area contributed by atoms with Crippen LogP contribution in [0.5, 0.6) is 0 Å². The van der Waals surface area contributed by atoms with E-state index in [4.69, 9.17) is 0 Å². The van der Waals surface area contributed by atoms with E-state index in [-0.39, 0.29) is 5.91 Å². The van der Waals surface area contributed by atoms with Crippen LogP contribution in [0.1, 0.15) is 40.9 Å². The van der Waals surface area contributed by atoms with Crippen LogP contribution in [-0.4, -0.2) is 36.9 Å². The maximum atomic E-state index is 12.5. The molecule has 0 saturated heterocycles. The predicted molar refractivity (Wildman–Crippen MR) is 95.4 cm³/mol. The fraction of sp³-hybridized carbons (Fsp3) is 0.350. The van der Waals surface area contributed by atoms with Gasteiger partial charge in [0.2, 0.25) is 0 Å². The minimum Gasteiger partial charge on any atom is -0.337 e. The maximum absolute atomic E-state index is 12.5. The third-order valence-corrected chi connectivity index (χ3v) is 4.16. The van der Waals surface area contributed by atoms with E-state index in [0.717, 1.165) is 17.5 Å². The van der Waals surface area contributed by atoms with Crippen molar-refractivity contribution in [2.45, 2.75) is 25.9 Å². The van der Waals surface area contributed by atoms with Gasteiger partial charge in [-0.2, -0.15) is 0 Å². The summed E-state index contributed by atoms with van der Waals surface area (Å²) in [6.45, 7) is 2.80. The van der Waals surface area contributed by atoms with Crippen LogP contribution in [0.25, 0.3) is 0 Å². The number of hydrogen-bond acceptors (Lipinski definition) is 2. The predicted octanol–water partition coefficient (Wildman–Crippen LogP) is 3.97. The molecule has 0 heterocycles. The van der Waals surface area contributed by atoms with Gasteiger partial charge in [0.05, 0.1) is 0 Å². The van der Waals surface area contributed by atoms with E-state index in [0.29, 0.717) is 12.6 Å². The molecule has 23 heavy (non-hydrogen) atoms. The monoisotopic (exact) mass is 310 g/mol. The molecule has 0 saturated carbocycles. The van der Waals surface area contributed by atoms with Gasteiger partial charge in [0.25, 0.3) is 5.91 Å². The van der Waals surface area contributed by atoms with Crippen LogP contribution in [-0.2, 0) is 6.54 Å². The van der Waals surface area contributed by atoms with Gasteiger partial charge in [-0.25, -0.2) is 0 Å². The Labute approximate surface area is 139 Å². The van der Waals surface area contributed by atoms with Gasteiger partial charge in [0.1, 0.15) is 0 Å². The summed E-state index contributed by atoms with van der Waals surface area (Å²) in [5.41, 5.74) is 3.12. The van der Waals surface area contributed by atoms with Crippen molar-refractivity contribution in [3.05, 3.63) is 71.3 Å². The lowest BCUT2D eigenvalue weighted by molar-refractivity contribution is 0.0785. The molecule has 1 unspecified atom stereocenters. The SMILES string of the molecule is CCC(c1ccc(C(=O)N(C)Cc2ccccc2)cc1)N(C)C. The van der Waals surface area contributed by atoms with Crippen molar-refractivity contribution in [1.29, 1.82) is 0 Å². The van der Waals surface area contributed by atoms with Gasteiger partial charge >= 0.3 is 0 Å². The van der Waals surface area contributed by atoms with E-state index in [1.807, 2.05) is 49.5 Å². The first-order chi connectivity index (χ1) is 11.0. The Bertz CT molecular complexity index is 620. The minimum atomic E-state index is 0.0540. The van der Waals surface area contributed by atoms with Gasteiger partial charge in [0.15, 0.2) is 0 Å². The highest BCUT2D eigenvalue weighted by Crippen LogP contribution is 2.22. The van der Waals surface area contributed by atoms with Gasteiger partial charge in [-0.15, -0.1) is 0 Å². The molecule has 0 spiro atoms. The molecule has 1 amide bonds. The van der Waals surface area contributed by atoms with E-state index in [1.54, 1.807) is 4.90 Å². The summed E-state index contributed by atoms with van der Waals surface area (Å²) in [5, 5.41) is 0. The molecule has 0 aromatic heterocycles. The summed E-state index contributed by atoms with van der Waals surface area (Å²) in [4.78, 5) is 16.5. The lowest BCUT2D eigenvalue weighted by Crippen LogP contribution is -2.26. The fourth-order valence-corrected chi connectivity index (χ4v) is 2.90. The standard InChI is InChI=1S/C20H26N2O/c1-5-19(21(2)3)17-11-13-18(14-12-17)20(23)22(4)15-16-9-7-6-8-10-16/h6-14,19H,5,15H2,1-4H3. The molecule has 0 aliphatic carbocycles. The zero-order valence-electron chi connectivity index (χ0n) is 14.5. The summed E-state index contributed by atoms with van der Waals surface area (Å²) in [5.74, 6) is 0.0540. The van der Waals surface area contributed by atoms with Crippen LogP contribution in [0.15, 0.2) is 54.6 Å². The molecule has 122 valence electrons. The number of hydrogen-bond donors (Lipinski definition) is 0. The van der Waals surface area contributed by atoms with Crippen molar-refractivity contribution in [3.63, 3.8) is 0 Å². The summed E-state index contributed by atoms with van der Waals surface area (Å²) in [6, 6.07) is 18.4. The van der Waals surface area contributed by atoms with Gasteiger partial charge in [-0.3, -0.25) is 4.79 Å². The minimum absolute atomic E-state index is 0.0540. The first-order valence-corrected chi connectivity index (χ1v) is 8.08. The Kier molecular flexibility index (Phi) is 5.94. The lowest BCUT2D eigenvalue weighted by Gasteiger charge is -2.23. The molecule has 0 aliphatic rings. The van der Waals surface area contributed by atoms with Crippen molar-refractivity contribution in [2.24, 2.45) is 0 Å². The number of amides is 1. The molecule has 2 aromatic rings. The summed E-state index contributed by atoms with van der Waals surface area (Å²) >= 11 is 0. The summed E-state index contributed by atoms with van der Waals surface area (Å²) < 4.78 is 0. The largest absolute Gasteiger partial charge is 0.337 e. The Morgan fingerprint density at radius 2 is 1.57 bits per heavy atom. The van der Waals surface area contributed by atoms with E-state index < -0.39 is 0 Å². The molecule has 3 nitrogen and oxygen atoms in total. The van der Waals surface area contributed by atoms with Crippen molar-refractivity contribution < 1.29 is 4.79 Å². The molecule has 0 aliphatic heterocycles. The molecule has 0 fully saturated rings. The van der Waals surface area contributed by atoms with Gasteiger partial charge in [0, 0.05) is 25.2 Å². The quantitative estimate of drug-likeness (QED) is 0.806. The van der Waals surface area contributed by atoms with Gasteiger partial charge in [-0.1, -0.05) is 49.4 Å². The van der Waals surface area contributed by atoms with E-state index in [1.165, 1.54) is 5.56 Å². The highest BCUT2D eigenvalue weighted by atomic mass is 16.2. The normalized spacial score (nSPS) is 12.2. The molecular weight excluding hydrogens is 284 g/mol. The average molecular weight is 310 g/mol.